The Morgan fingerprint density at radius 2 is 2.00 bits per heavy atom. The van der Waals surface area contributed by atoms with Gasteiger partial charge >= 0.3 is 11.9 Å². The zero-order chi connectivity index (χ0) is 15.1. The minimum atomic E-state index is -0.502. The van der Waals surface area contributed by atoms with Gasteiger partial charge in [-0.1, -0.05) is 13.0 Å². The largest absolute Gasteiger partial charge is 0.507 e. The zero-order valence-corrected chi connectivity index (χ0v) is 11.8. The van der Waals surface area contributed by atoms with Gasteiger partial charge in [0.2, 0.25) is 0 Å². The zero-order valence-electron chi connectivity index (χ0n) is 11.8. The topological polar surface area (TPSA) is 72.8 Å². The number of phenolic OH excluding ortho intramolecular Hbond substituents is 1. The van der Waals surface area contributed by atoms with Crippen LogP contribution < -0.4 is 0 Å². The molecule has 0 unspecified atom stereocenters. The second kappa shape index (κ2) is 7.33. The quantitative estimate of drug-likeness (QED) is 0.658. The Balaban J connectivity index is 2.88. The maximum atomic E-state index is 11.4. The molecule has 0 fully saturated rings. The number of methoxy groups -OCH3 is 2. The van der Waals surface area contributed by atoms with Crippen LogP contribution in [0.25, 0.3) is 6.08 Å². The first-order valence-corrected chi connectivity index (χ1v) is 6.13. The van der Waals surface area contributed by atoms with Crippen LogP contribution in [0.3, 0.4) is 0 Å². The van der Waals surface area contributed by atoms with E-state index >= 15 is 0 Å². The number of aromatic hydroxyl groups is 1. The van der Waals surface area contributed by atoms with Crippen molar-refractivity contribution in [2.45, 2.75) is 13.3 Å². The van der Waals surface area contributed by atoms with E-state index in [0.29, 0.717) is 12.0 Å². The first kappa shape index (κ1) is 15.8. The summed E-state index contributed by atoms with van der Waals surface area (Å²) in [4.78, 5) is 22.4. The molecule has 0 spiro atoms. The lowest BCUT2D eigenvalue weighted by Gasteiger charge is -2.10. The van der Waals surface area contributed by atoms with Crippen molar-refractivity contribution in [3.63, 3.8) is 0 Å². The minimum Gasteiger partial charge on any atom is -0.507 e. The molecule has 20 heavy (non-hydrogen) atoms. The SMILES string of the molecule is COC(=O)/C=C/c1cc(C[C@H](C)C(=O)OC)ccc1O. The molecule has 0 bridgehead atoms. The highest BCUT2D eigenvalue weighted by atomic mass is 16.5. The van der Waals surface area contributed by atoms with Crippen molar-refractivity contribution >= 4 is 18.0 Å². The summed E-state index contributed by atoms with van der Waals surface area (Å²) in [6, 6.07) is 4.97. The Bertz CT molecular complexity index is 519. The summed E-state index contributed by atoms with van der Waals surface area (Å²) in [5, 5.41) is 9.72. The fourth-order valence-electron chi connectivity index (χ4n) is 1.73. The third kappa shape index (κ3) is 4.42. The molecule has 1 aromatic carbocycles. The normalized spacial score (nSPS) is 12.2. The molecule has 0 heterocycles. The number of carbonyl (C=O) groups is 2. The van der Waals surface area contributed by atoms with Crippen LogP contribution in [0.5, 0.6) is 5.75 Å². The molecule has 0 amide bonds. The van der Waals surface area contributed by atoms with Gasteiger partial charge in [-0.25, -0.2) is 4.79 Å². The van der Waals surface area contributed by atoms with Gasteiger partial charge < -0.3 is 14.6 Å². The van der Waals surface area contributed by atoms with Crippen LogP contribution in [-0.2, 0) is 25.5 Å². The van der Waals surface area contributed by atoms with E-state index in [2.05, 4.69) is 9.47 Å². The first-order valence-electron chi connectivity index (χ1n) is 6.13. The molecule has 0 aliphatic heterocycles. The van der Waals surface area contributed by atoms with Crippen LogP contribution in [-0.4, -0.2) is 31.3 Å². The van der Waals surface area contributed by atoms with Gasteiger partial charge in [0.25, 0.3) is 0 Å². The van der Waals surface area contributed by atoms with Gasteiger partial charge in [-0.3, -0.25) is 4.79 Å². The van der Waals surface area contributed by atoms with Gasteiger partial charge in [0.05, 0.1) is 20.1 Å². The van der Waals surface area contributed by atoms with Gasteiger partial charge in [0, 0.05) is 11.6 Å². The van der Waals surface area contributed by atoms with Crippen LogP contribution in [0.15, 0.2) is 24.3 Å². The molecular formula is C15H18O5. The van der Waals surface area contributed by atoms with E-state index < -0.39 is 5.97 Å². The van der Waals surface area contributed by atoms with Crippen molar-refractivity contribution in [3.8, 4) is 5.75 Å². The van der Waals surface area contributed by atoms with Crippen molar-refractivity contribution in [3.05, 3.63) is 35.4 Å². The van der Waals surface area contributed by atoms with Crippen molar-refractivity contribution in [2.75, 3.05) is 14.2 Å². The van der Waals surface area contributed by atoms with Gasteiger partial charge in [0.15, 0.2) is 0 Å². The second-order valence-electron chi connectivity index (χ2n) is 4.38. The summed E-state index contributed by atoms with van der Waals surface area (Å²) in [5.74, 6) is -1.01. The molecule has 0 aromatic heterocycles. The van der Waals surface area contributed by atoms with Crippen LogP contribution in [0.2, 0.25) is 0 Å². The summed E-state index contributed by atoms with van der Waals surface area (Å²) >= 11 is 0. The third-order valence-electron chi connectivity index (χ3n) is 2.84. The van der Waals surface area contributed by atoms with E-state index in [-0.39, 0.29) is 17.6 Å². The third-order valence-corrected chi connectivity index (χ3v) is 2.84. The molecule has 0 radical (unpaired) electrons. The minimum absolute atomic E-state index is 0.0552. The Labute approximate surface area is 117 Å². The van der Waals surface area contributed by atoms with Gasteiger partial charge in [-0.2, -0.15) is 0 Å². The summed E-state index contributed by atoms with van der Waals surface area (Å²) < 4.78 is 9.15. The lowest BCUT2D eigenvalue weighted by Crippen LogP contribution is -2.15. The van der Waals surface area contributed by atoms with Crippen LogP contribution in [0.4, 0.5) is 0 Å². The number of phenols is 1. The van der Waals surface area contributed by atoms with E-state index in [9.17, 15) is 14.7 Å². The Kier molecular flexibility index (Phi) is 5.77. The Morgan fingerprint density at radius 1 is 1.30 bits per heavy atom. The van der Waals surface area contributed by atoms with E-state index in [1.165, 1.54) is 32.4 Å². The second-order valence-corrected chi connectivity index (χ2v) is 4.38. The highest BCUT2D eigenvalue weighted by Crippen LogP contribution is 2.22. The average molecular weight is 278 g/mol. The van der Waals surface area contributed by atoms with Crippen LogP contribution >= 0.6 is 0 Å². The molecule has 0 saturated heterocycles. The fraction of sp³-hybridized carbons (Fsp3) is 0.333. The lowest BCUT2D eigenvalue weighted by atomic mass is 9.99. The monoisotopic (exact) mass is 278 g/mol. The smallest absolute Gasteiger partial charge is 0.330 e. The molecule has 0 saturated carbocycles. The van der Waals surface area contributed by atoms with Crippen molar-refractivity contribution in [1.82, 2.24) is 0 Å². The Hall–Kier alpha value is -2.30. The number of rotatable bonds is 5. The molecule has 1 N–H and O–H groups in total. The van der Waals surface area contributed by atoms with Crippen molar-refractivity contribution < 1.29 is 24.2 Å². The van der Waals surface area contributed by atoms with Gasteiger partial charge in [-0.05, 0) is 30.2 Å². The standard InChI is InChI=1S/C15H18O5/c1-10(15(18)20-3)8-11-4-6-13(16)12(9-11)5-7-14(17)19-2/h4-7,9-10,16H,8H2,1-3H3/b7-5+/t10-/m0/s1. The summed E-state index contributed by atoms with van der Waals surface area (Å²) in [5.41, 5.74) is 1.36. The first-order chi connectivity index (χ1) is 9.47. The summed E-state index contributed by atoms with van der Waals surface area (Å²) in [6.07, 6.45) is 3.18. The maximum Gasteiger partial charge on any atom is 0.330 e. The van der Waals surface area contributed by atoms with E-state index in [4.69, 9.17) is 0 Å². The molecule has 0 aliphatic rings. The van der Waals surface area contributed by atoms with E-state index in [1.807, 2.05) is 0 Å². The number of esters is 2. The van der Waals surface area contributed by atoms with Crippen molar-refractivity contribution in [1.29, 1.82) is 0 Å². The molecule has 108 valence electrons. The molecule has 0 aliphatic carbocycles. The predicted molar refractivity (Wildman–Crippen MR) is 74.0 cm³/mol. The predicted octanol–water partition coefficient (Wildman–Crippen LogP) is 1.93. The number of carbonyl (C=O) groups excluding carboxylic acids is 2. The van der Waals surface area contributed by atoms with Gasteiger partial charge in [-0.15, -0.1) is 0 Å². The van der Waals surface area contributed by atoms with E-state index in [0.717, 1.165) is 5.56 Å². The molecule has 5 heteroatoms. The molecule has 1 aromatic rings. The molecule has 5 nitrogen and oxygen atoms in total. The van der Waals surface area contributed by atoms with Crippen molar-refractivity contribution in [2.24, 2.45) is 5.92 Å². The molecule has 1 atom stereocenters. The Morgan fingerprint density at radius 3 is 2.60 bits per heavy atom. The number of ether oxygens (including phenoxy) is 2. The van der Waals surface area contributed by atoms with E-state index in [1.54, 1.807) is 19.1 Å². The van der Waals surface area contributed by atoms with Crippen LogP contribution in [0, 0.1) is 5.92 Å². The fourth-order valence-corrected chi connectivity index (χ4v) is 1.73. The highest BCUT2D eigenvalue weighted by molar-refractivity contribution is 5.87. The number of benzene rings is 1. The number of hydrogen-bond donors (Lipinski definition) is 1. The van der Waals surface area contributed by atoms with Gasteiger partial charge in [0.1, 0.15) is 5.75 Å². The summed E-state index contributed by atoms with van der Waals surface area (Å²) in [6.45, 7) is 1.77. The number of hydrogen-bond acceptors (Lipinski definition) is 5. The summed E-state index contributed by atoms with van der Waals surface area (Å²) in [7, 11) is 2.63. The molecule has 1 rings (SSSR count). The molecular weight excluding hydrogens is 260 g/mol. The maximum absolute atomic E-state index is 11.4. The lowest BCUT2D eigenvalue weighted by molar-refractivity contribution is -0.144. The highest BCUT2D eigenvalue weighted by Gasteiger charge is 2.14. The van der Waals surface area contributed by atoms with Crippen LogP contribution in [0.1, 0.15) is 18.1 Å². The average Bonchev–Trinajstić information content (AvgIpc) is 2.46.